The molecule has 1 aliphatic heterocycles. The molecule has 1 saturated heterocycles. The van der Waals surface area contributed by atoms with Crippen molar-refractivity contribution >= 4 is 16.9 Å². The number of benzene rings is 1. The molecule has 2 unspecified atom stereocenters. The molecule has 6 heteroatoms. The monoisotopic (exact) mass is 337 g/mol. The van der Waals surface area contributed by atoms with E-state index in [-0.39, 0.29) is 12.2 Å². The zero-order valence-corrected chi connectivity index (χ0v) is 15.1. The van der Waals surface area contributed by atoms with E-state index in [1.165, 1.54) is 11.1 Å². The number of nitrogens with zero attached hydrogens (tertiary/aromatic N) is 5. The third-order valence-corrected chi connectivity index (χ3v) is 4.51. The van der Waals surface area contributed by atoms with Crippen molar-refractivity contribution in [3.63, 3.8) is 0 Å². The predicted octanol–water partition coefficient (Wildman–Crippen LogP) is 3.05. The number of anilines is 1. The Hall–Kier alpha value is -2.47. The lowest BCUT2D eigenvalue weighted by Crippen LogP contribution is -2.45. The van der Waals surface area contributed by atoms with Gasteiger partial charge in [-0.1, -0.05) is 6.07 Å². The third kappa shape index (κ3) is 2.98. The first-order valence-corrected chi connectivity index (χ1v) is 8.69. The Bertz CT molecular complexity index is 889. The van der Waals surface area contributed by atoms with Gasteiger partial charge in [0.2, 0.25) is 0 Å². The van der Waals surface area contributed by atoms with E-state index in [1.807, 2.05) is 10.9 Å². The van der Waals surface area contributed by atoms with Crippen LogP contribution in [-0.2, 0) is 4.74 Å². The van der Waals surface area contributed by atoms with Crippen molar-refractivity contribution < 1.29 is 4.74 Å². The lowest BCUT2D eigenvalue weighted by Gasteiger charge is -2.36. The average Bonchev–Trinajstić information content (AvgIpc) is 2.97. The third-order valence-electron chi connectivity index (χ3n) is 4.51. The minimum Gasteiger partial charge on any atom is -0.372 e. The largest absolute Gasteiger partial charge is 0.372 e. The number of rotatable bonds is 2. The van der Waals surface area contributed by atoms with Crippen LogP contribution in [0.15, 0.2) is 30.7 Å². The fourth-order valence-corrected chi connectivity index (χ4v) is 3.70. The number of ether oxygens (including phenoxy) is 1. The normalized spacial score (nSPS) is 21.0. The molecule has 6 nitrogen and oxygen atoms in total. The van der Waals surface area contributed by atoms with Gasteiger partial charge in [-0.3, -0.25) is 0 Å². The van der Waals surface area contributed by atoms with Crippen LogP contribution in [0.3, 0.4) is 0 Å². The van der Waals surface area contributed by atoms with Crippen LogP contribution in [-0.4, -0.2) is 45.0 Å². The standard InChI is InChI=1S/C19H23N5O/c1-12-5-13(2)7-16(6-12)24-19-17(8-22-24)18(20-11-21-19)23-9-14(3)25-15(4)10-23/h5-8,11,14-15H,9-10H2,1-4H3. The molecule has 25 heavy (non-hydrogen) atoms. The van der Waals surface area contributed by atoms with Crippen LogP contribution in [0.2, 0.25) is 0 Å². The molecule has 0 spiro atoms. The molecule has 0 radical (unpaired) electrons. The molecule has 1 aliphatic rings. The molecule has 3 aromatic rings. The SMILES string of the molecule is Cc1cc(C)cc(-n2ncc3c(N4CC(C)OC(C)C4)ncnc32)c1. The summed E-state index contributed by atoms with van der Waals surface area (Å²) in [5.41, 5.74) is 4.29. The number of fused-ring (bicyclic) bond motifs is 1. The highest BCUT2D eigenvalue weighted by Crippen LogP contribution is 2.27. The van der Waals surface area contributed by atoms with Crippen LogP contribution in [0.25, 0.3) is 16.7 Å². The minimum absolute atomic E-state index is 0.184. The van der Waals surface area contributed by atoms with E-state index in [0.717, 1.165) is 35.6 Å². The van der Waals surface area contributed by atoms with Crippen molar-refractivity contribution in [2.75, 3.05) is 18.0 Å². The number of aryl methyl sites for hydroxylation is 2. The van der Waals surface area contributed by atoms with Crippen molar-refractivity contribution in [2.24, 2.45) is 0 Å². The van der Waals surface area contributed by atoms with Gasteiger partial charge < -0.3 is 9.64 Å². The summed E-state index contributed by atoms with van der Waals surface area (Å²) in [4.78, 5) is 11.3. The quantitative estimate of drug-likeness (QED) is 0.719. The minimum atomic E-state index is 0.184. The van der Waals surface area contributed by atoms with Gasteiger partial charge in [0.15, 0.2) is 5.65 Å². The van der Waals surface area contributed by atoms with E-state index in [9.17, 15) is 0 Å². The smallest absolute Gasteiger partial charge is 0.168 e. The number of morpholine rings is 1. The second-order valence-corrected chi connectivity index (χ2v) is 7.00. The van der Waals surface area contributed by atoms with Gasteiger partial charge in [0, 0.05) is 13.1 Å². The summed E-state index contributed by atoms with van der Waals surface area (Å²) in [6, 6.07) is 6.41. The van der Waals surface area contributed by atoms with E-state index in [2.05, 4.69) is 65.9 Å². The van der Waals surface area contributed by atoms with Crippen molar-refractivity contribution in [1.82, 2.24) is 19.7 Å². The molecule has 1 fully saturated rings. The summed E-state index contributed by atoms with van der Waals surface area (Å²) in [6.45, 7) is 10.0. The van der Waals surface area contributed by atoms with E-state index in [4.69, 9.17) is 4.74 Å². The summed E-state index contributed by atoms with van der Waals surface area (Å²) >= 11 is 0. The number of aromatic nitrogens is 4. The van der Waals surface area contributed by atoms with E-state index >= 15 is 0 Å². The van der Waals surface area contributed by atoms with Gasteiger partial charge in [0.25, 0.3) is 0 Å². The molecule has 4 rings (SSSR count). The van der Waals surface area contributed by atoms with Crippen molar-refractivity contribution in [2.45, 2.75) is 39.9 Å². The van der Waals surface area contributed by atoms with Gasteiger partial charge in [-0.2, -0.15) is 5.10 Å². The Morgan fingerprint density at radius 1 is 1.00 bits per heavy atom. The molecule has 1 aromatic carbocycles. The van der Waals surface area contributed by atoms with Gasteiger partial charge in [-0.05, 0) is 51.0 Å². The van der Waals surface area contributed by atoms with Crippen molar-refractivity contribution in [3.8, 4) is 5.69 Å². The fourth-order valence-electron chi connectivity index (χ4n) is 3.70. The van der Waals surface area contributed by atoms with Crippen LogP contribution in [0.1, 0.15) is 25.0 Å². The first-order chi connectivity index (χ1) is 12.0. The maximum absolute atomic E-state index is 5.84. The summed E-state index contributed by atoms with van der Waals surface area (Å²) in [6.07, 6.45) is 3.86. The predicted molar refractivity (Wildman–Crippen MR) is 98.4 cm³/mol. The highest BCUT2D eigenvalue weighted by atomic mass is 16.5. The molecular formula is C19H23N5O. The van der Waals surface area contributed by atoms with E-state index in [0.29, 0.717) is 0 Å². The lowest BCUT2D eigenvalue weighted by molar-refractivity contribution is -0.00537. The molecule has 0 amide bonds. The molecule has 0 N–H and O–H groups in total. The Labute approximate surface area is 147 Å². The summed E-state index contributed by atoms with van der Waals surface area (Å²) < 4.78 is 7.74. The van der Waals surface area contributed by atoms with Gasteiger partial charge in [-0.15, -0.1) is 0 Å². The Morgan fingerprint density at radius 2 is 1.68 bits per heavy atom. The Morgan fingerprint density at radius 3 is 2.36 bits per heavy atom. The lowest BCUT2D eigenvalue weighted by atomic mass is 10.1. The molecule has 2 aromatic heterocycles. The zero-order chi connectivity index (χ0) is 17.6. The van der Waals surface area contributed by atoms with Gasteiger partial charge in [0.05, 0.1) is 29.5 Å². The Kier molecular flexibility index (Phi) is 3.92. The maximum Gasteiger partial charge on any atom is 0.168 e. The van der Waals surface area contributed by atoms with Gasteiger partial charge in [-0.25, -0.2) is 14.6 Å². The van der Waals surface area contributed by atoms with Crippen molar-refractivity contribution in [3.05, 3.63) is 41.9 Å². The maximum atomic E-state index is 5.84. The molecule has 0 aliphatic carbocycles. The first-order valence-electron chi connectivity index (χ1n) is 8.69. The topological polar surface area (TPSA) is 56.1 Å². The second-order valence-electron chi connectivity index (χ2n) is 7.00. The molecule has 0 bridgehead atoms. The highest BCUT2D eigenvalue weighted by molar-refractivity contribution is 5.87. The van der Waals surface area contributed by atoms with Crippen LogP contribution < -0.4 is 4.90 Å². The van der Waals surface area contributed by atoms with Crippen molar-refractivity contribution in [1.29, 1.82) is 0 Å². The van der Waals surface area contributed by atoms with Crippen LogP contribution in [0.4, 0.5) is 5.82 Å². The average molecular weight is 337 g/mol. The number of hydrogen-bond donors (Lipinski definition) is 0. The molecule has 130 valence electrons. The summed E-state index contributed by atoms with van der Waals surface area (Å²) in [5.74, 6) is 0.933. The summed E-state index contributed by atoms with van der Waals surface area (Å²) in [7, 11) is 0. The molecule has 0 saturated carbocycles. The zero-order valence-electron chi connectivity index (χ0n) is 15.1. The highest BCUT2D eigenvalue weighted by Gasteiger charge is 2.25. The number of hydrogen-bond acceptors (Lipinski definition) is 5. The van der Waals surface area contributed by atoms with Crippen LogP contribution in [0, 0.1) is 13.8 Å². The molecular weight excluding hydrogens is 314 g/mol. The van der Waals surface area contributed by atoms with Gasteiger partial charge in [0.1, 0.15) is 12.1 Å². The summed E-state index contributed by atoms with van der Waals surface area (Å²) in [5, 5.41) is 5.57. The van der Waals surface area contributed by atoms with Gasteiger partial charge >= 0.3 is 0 Å². The van der Waals surface area contributed by atoms with E-state index in [1.54, 1.807) is 6.33 Å². The van der Waals surface area contributed by atoms with Crippen LogP contribution >= 0.6 is 0 Å². The Balaban J connectivity index is 1.80. The fraction of sp³-hybridized carbons (Fsp3) is 0.421. The molecule has 3 heterocycles. The second kappa shape index (κ2) is 6.11. The van der Waals surface area contributed by atoms with Crippen LogP contribution in [0.5, 0.6) is 0 Å². The molecule has 2 atom stereocenters. The first kappa shape index (κ1) is 16.0. The van der Waals surface area contributed by atoms with E-state index < -0.39 is 0 Å².